The van der Waals surface area contributed by atoms with Gasteiger partial charge in [0.25, 0.3) is 0 Å². The van der Waals surface area contributed by atoms with Crippen LogP contribution in [0.4, 0.5) is 0 Å². The highest BCUT2D eigenvalue weighted by Gasteiger charge is 2.22. The Morgan fingerprint density at radius 1 is 1.06 bits per heavy atom. The van der Waals surface area contributed by atoms with Gasteiger partial charge in [0.2, 0.25) is 11.8 Å². The molecule has 2 rings (SSSR count). The first kappa shape index (κ1) is 28.9. The van der Waals surface area contributed by atoms with Gasteiger partial charge in [0, 0.05) is 53.9 Å². The van der Waals surface area contributed by atoms with Crippen molar-refractivity contribution in [1.82, 2.24) is 25.3 Å². The van der Waals surface area contributed by atoms with Gasteiger partial charge in [-0.1, -0.05) is 12.1 Å². The second-order valence-corrected chi connectivity index (χ2v) is 7.74. The molecule has 11 heteroatoms. The second-order valence-electron chi connectivity index (χ2n) is 7.74. The normalized spacial score (nSPS) is 14.3. The molecule has 0 aliphatic carbocycles. The van der Waals surface area contributed by atoms with Crippen LogP contribution in [0.3, 0.4) is 0 Å². The fourth-order valence-electron chi connectivity index (χ4n) is 3.15. The van der Waals surface area contributed by atoms with E-state index in [2.05, 4.69) is 20.4 Å². The van der Waals surface area contributed by atoms with Crippen LogP contribution in [0.1, 0.15) is 5.56 Å². The lowest BCUT2D eigenvalue weighted by atomic mass is 10.2. The van der Waals surface area contributed by atoms with E-state index in [1.807, 2.05) is 24.3 Å². The Morgan fingerprint density at radius 3 is 2.30 bits per heavy atom. The van der Waals surface area contributed by atoms with E-state index in [4.69, 9.17) is 14.5 Å². The summed E-state index contributed by atoms with van der Waals surface area (Å²) in [6, 6.07) is 7.77. The van der Waals surface area contributed by atoms with Gasteiger partial charge in [0.05, 0.1) is 33.4 Å². The van der Waals surface area contributed by atoms with Crippen molar-refractivity contribution >= 4 is 41.8 Å². The van der Waals surface area contributed by atoms with Crippen molar-refractivity contribution in [3.05, 3.63) is 29.8 Å². The number of likely N-dealkylation sites (N-methyl/N-ethyl adjacent to an activating group) is 1. The molecule has 0 spiro atoms. The highest BCUT2D eigenvalue weighted by molar-refractivity contribution is 14.0. The molecule has 1 aromatic carbocycles. The average molecular weight is 576 g/mol. The summed E-state index contributed by atoms with van der Waals surface area (Å²) in [4.78, 5) is 34.7. The molecular formula is C22H37IN6O4. The SMILES string of the molecule is COCCNC(=O)CN1CCN(C(=NCc2ccc(OC)cc2)NCC(=O)N(C)C)CC1.I. The van der Waals surface area contributed by atoms with E-state index < -0.39 is 0 Å². The van der Waals surface area contributed by atoms with E-state index in [0.717, 1.165) is 37.5 Å². The fourth-order valence-corrected chi connectivity index (χ4v) is 3.15. The number of halogens is 1. The Hall–Kier alpha value is -2.12. The zero-order chi connectivity index (χ0) is 23.3. The van der Waals surface area contributed by atoms with Crippen molar-refractivity contribution in [2.75, 3.05) is 80.7 Å². The third kappa shape index (κ3) is 10.6. The number of ether oxygens (including phenoxy) is 2. The zero-order valence-electron chi connectivity index (χ0n) is 20.0. The van der Waals surface area contributed by atoms with Gasteiger partial charge in [-0.05, 0) is 17.7 Å². The van der Waals surface area contributed by atoms with Crippen LogP contribution in [0.5, 0.6) is 5.75 Å². The smallest absolute Gasteiger partial charge is 0.241 e. The van der Waals surface area contributed by atoms with E-state index in [1.54, 1.807) is 33.2 Å². The Balaban J connectivity index is 0.00000544. The summed E-state index contributed by atoms with van der Waals surface area (Å²) < 4.78 is 10.2. The molecule has 0 atom stereocenters. The summed E-state index contributed by atoms with van der Waals surface area (Å²) in [6.07, 6.45) is 0. The highest BCUT2D eigenvalue weighted by atomic mass is 127. The molecule has 0 aromatic heterocycles. The first-order chi connectivity index (χ1) is 15.4. The molecule has 0 bridgehead atoms. The number of nitrogens with one attached hydrogen (secondary N) is 2. The van der Waals surface area contributed by atoms with Gasteiger partial charge in [-0.3, -0.25) is 14.5 Å². The lowest BCUT2D eigenvalue weighted by molar-refractivity contribution is -0.127. The van der Waals surface area contributed by atoms with Crippen LogP contribution in [0, 0.1) is 0 Å². The third-order valence-corrected chi connectivity index (χ3v) is 5.13. The Labute approximate surface area is 213 Å². The summed E-state index contributed by atoms with van der Waals surface area (Å²) in [7, 11) is 6.71. The third-order valence-electron chi connectivity index (χ3n) is 5.13. The molecule has 0 radical (unpaired) electrons. The number of amides is 2. The molecule has 0 saturated carbocycles. The maximum atomic E-state index is 12.1. The predicted octanol–water partition coefficient (Wildman–Crippen LogP) is 0.227. The van der Waals surface area contributed by atoms with Crippen LogP contribution < -0.4 is 15.4 Å². The van der Waals surface area contributed by atoms with E-state index in [9.17, 15) is 9.59 Å². The number of benzene rings is 1. The first-order valence-electron chi connectivity index (χ1n) is 10.8. The van der Waals surface area contributed by atoms with Gasteiger partial charge in [-0.2, -0.15) is 0 Å². The van der Waals surface area contributed by atoms with Gasteiger partial charge < -0.3 is 29.9 Å². The summed E-state index contributed by atoms with van der Waals surface area (Å²) in [6.45, 7) is 4.97. The van der Waals surface area contributed by atoms with Crippen molar-refractivity contribution in [3.8, 4) is 5.75 Å². The Kier molecular flexibility index (Phi) is 13.7. The van der Waals surface area contributed by atoms with Gasteiger partial charge in [-0.25, -0.2) is 4.99 Å². The molecule has 1 heterocycles. The lowest BCUT2D eigenvalue weighted by Crippen LogP contribution is -2.55. The van der Waals surface area contributed by atoms with Crippen LogP contribution in [0.25, 0.3) is 0 Å². The lowest BCUT2D eigenvalue weighted by Gasteiger charge is -2.36. The van der Waals surface area contributed by atoms with Crippen LogP contribution in [0.15, 0.2) is 29.3 Å². The molecule has 1 aromatic rings. The summed E-state index contributed by atoms with van der Waals surface area (Å²) in [5.74, 6) is 1.47. The number of carbonyl (C=O) groups excluding carboxylic acids is 2. The van der Waals surface area contributed by atoms with Gasteiger partial charge in [0.15, 0.2) is 5.96 Å². The van der Waals surface area contributed by atoms with Crippen molar-refractivity contribution in [3.63, 3.8) is 0 Å². The average Bonchev–Trinajstić information content (AvgIpc) is 2.80. The molecule has 2 amide bonds. The number of piperazine rings is 1. The molecule has 1 aliphatic heterocycles. The number of rotatable bonds is 10. The molecule has 33 heavy (non-hydrogen) atoms. The Bertz CT molecular complexity index is 752. The van der Waals surface area contributed by atoms with Crippen LogP contribution in [-0.2, 0) is 20.9 Å². The number of nitrogens with zero attached hydrogens (tertiary/aromatic N) is 4. The molecule has 1 fully saturated rings. The quantitative estimate of drug-likeness (QED) is 0.178. The molecule has 1 saturated heterocycles. The first-order valence-corrected chi connectivity index (χ1v) is 10.8. The second kappa shape index (κ2) is 15.7. The van der Waals surface area contributed by atoms with Crippen molar-refractivity contribution in [2.45, 2.75) is 6.54 Å². The summed E-state index contributed by atoms with van der Waals surface area (Å²) in [5, 5.41) is 6.05. The standard InChI is InChI=1S/C22H36N6O4.HI/c1-26(2)21(30)16-25-22(24-15-18-5-7-19(32-4)8-6-18)28-12-10-27(11-13-28)17-20(29)23-9-14-31-3;/h5-8H,9-17H2,1-4H3,(H,23,29)(H,24,25);1H. The Morgan fingerprint density at radius 2 is 1.73 bits per heavy atom. The van der Waals surface area contributed by atoms with E-state index >= 15 is 0 Å². The zero-order valence-corrected chi connectivity index (χ0v) is 22.3. The highest BCUT2D eigenvalue weighted by Crippen LogP contribution is 2.12. The fraction of sp³-hybridized carbons (Fsp3) is 0.591. The van der Waals surface area contributed by atoms with Crippen molar-refractivity contribution < 1.29 is 19.1 Å². The molecule has 1 aliphatic rings. The van der Waals surface area contributed by atoms with Crippen LogP contribution in [-0.4, -0.2) is 113 Å². The summed E-state index contributed by atoms with van der Waals surface area (Å²) >= 11 is 0. The molecule has 2 N–H and O–H groups in total. The topological polar surface area (TPSA) is 98.7 Å². The molecule has 10 nitrogen and oxygen atoms in total. The monoisotopic (exact) mass is 576 g/mol. The number of carbonyl (C=O) groups is 2. The molecule has 186 valence electrons. The van der Waals surface area contributed by atoms with Gasteiger partial charge in [0.1, 0.15) is 5.75 Å². The van der Waals surface area contributed by atoms with E-state index in [1.165, 1.54) is 0 Å². The number of hydrogen-bond donors (Lipinski definition) is 2. The maximum Gasteiger partial charge on any atom is 0.241 e. The maximum absolute atomic E-state index is 12.1. The number of methoxy groups -OCH3 is 2. The van der Waals surface area contributed by atoms with Crippen LogP contribution in [0.2, 0.25) is 0 Å². The van der Waals surface area contributed by atoms with Gasteiger partial charge in [-0.15, -0.1) is 24.0 Å². The van der Waals surface area contributed by atoms with Crippen molar-refractivity contribution in [2.24, 2.45) is 4.99 Å². The number of guanidine groups is 1. The van der Waals surface area contributed by atoms with Crippen molar-refractivity contribution in [1.29, 1.82) is 0 Å². The molecule has 0 unspecified atom stereocenters. The summed E-state index contributed by atoms with van der Waals surface area (Å²) in [5.41, 5.74) is 1.05. The molecular weight excluding hydrogens is 539 g/mol. The van der Waals surface area contributed by atoms with E-state index in [0.29, 0.717) is 32.2 Å². The van der Waals surface area contributed by atoms with Crippen LogP contribution >= 0.6 is 24.0 Å². The minimum Gasteiger partial charge on any atom is -0.497 e. The minimum atomic E-state index is -0.0199. The number of hydrogen-bond acceptors (Lipinski definition) is 6. The van der Waals surface area contributed by atoms with E-state index in [-0.39, 0.29) is 42.3 Å². The predicted molar refractivity (Wildman–Crippen MR) is 139 cm³/mol. The number of aliphatic imine (C=N–C) groups is 1. The minimum absolute atomic E-state index is 0. The largest absolute Gasteiger partial charge is 0.497 e. The van der Waals surface area contributed by atoms with Gasteiger partial charge >= 0.3 is 0 Å².